The van der Waals surface area contributed by atoms with Crippen LogP contribution in [0.3, 0.4) is 0 Å². The lowest BCUT2D eigenvalue weighted by atomic mass is 10.1. The molecule has 0 bridgehead atoms. The highest BCUT2D eigenvalue weighted by Crippen LogP contribution is 2.14. The van der Waals surface area contributed by atoms with E-state index in [0.717, 1.165) is 0 Å². The normalized spacial score (nSPS) is 28.6. The minimum atomic E-state index is -1.01. The predicted octanol–water partition coefficient (Wildman–Crippen LogP) is -0.293. The SMILES string of the molecule is CC(=O)N1CCOC(C)C1C(=O)O. The summed E-state index contributed by atoms with van der Waals surface area (Å²) in [5.41, 5.74) is 0. The van der Waals surface area contributed by atoms with E-state index in [2.05, 4.69) is 0 Å². The standard InChI is InChI=1S/C8H13NO4/c1-5-7(8(11)12)9(6(2)10)3-4-13-5/h5,7H,3-4H2,1-2H3,(H,11,12). The van der Waals surface area contributed by atoms with E-state index in [4.69, 9.17) is 9.84 Å². The highest BCUT2D eigenvalue weighted by molar-refractivity contribution is 5.83. The predicted molar refractivity (Wildman–Crippen MR) is 44.2 cm³/mol. The molecular weight excluding hydrogens is 174 g/mol. The first-order valence-corrected chi connectivity index (χ1v) is 4.15. The minimum absolute atomic E-state index is 0.220. The molecule has 5 heteroatoms. The number of rotatable bonds is 1. The van der Waals surface area contributed by atoms with Gasteiger partial charge in [-0.05, 0) is 6.92 Å². The van der Waals surface area contributed by atoms with Crippen LogP contribution < -0.4 is 0 Å². The maximum atomic E-state index is 11.1. The first-order chi connectivity index (χ1) is 6.04. The maximum absolute atomic E-state index is 11.1. The van der Waals surface area contributed by atoms with E-state index in [-0.39, 0.29) is 5.91 Å². The fourth-order valence-electron chi connectivity index (χ4n) is 1.51. The summed E-state index contributed by atoms with van der Waals surface area (Å²) in [7, 11) is 0. The lowest BCUT2D eigenvalue weighted by molar-refractivity contribution is -0.163. The van der Waals surface area contributed by atoms with Gasteiger partial charge in [0, 0.05) is 13.5 Å². The van der Waals surface area contributed by atoms with Gasteiger partial charge in [0.25, 0.3) is 0 Å². The molecule has 1 aliphatic heterocycles. The van der Waals surface area contributed by atoms with Crippen molar-refractivity contribution < 1.29 is 19.4 Å². The van der Waals surface area contributed by atoms with Gasteiger partial charge in [0.2, 0.25) is 5.91 Å². The summed E-state index contributed by atoms with van der Waals surface area (Å²) < 4.78 is 5.16. The second-order valence-electron chi connectivity index (χ2n) is 3.07. The molecule has 0 saturated carbocycles. The zero-order chi connectivity index (χ0) is 10.0. The molecule has 2 unspecified atom stereocenters. The van der Waals surface area contributed by atoms with Crippen molar-refractivity contribution >= 4 is 11.9 Å². The zero-order valence-corrected chi connectivity index (χ0v) is 7.69. The Labute approximate surface area is 76.3 Å². The Bertz CT molecular complexity index is 228. The van der Waals surface area contributed by atoms with Crippen molar-refractivity contribution in [2.45, 2.75) is 26.0 Å². The number of hydrogen-bond acceptors (Lipinski definition) is 3. The van der Waals surface area contributed by atoms with Gasteiger partial charge in [-0.1, -0.05) is 0 Å². The Balaban J connectivity index is 2.80. The van der Waals surface area contributed by atoms with Gasteiger partial charge in [-0.25, -0.2) is 4.79 Å². The van der Waals surface area contributed by atoms with Crippen LogP contribution in [-0.2, 0) is 14.3 Å². The van der Waals surface area contributed by atoms with Crippen molar-refractivity contribution in [2.24, 2.45) is 0 Å². The molecule has 13 heavy (non-hydrogen) atoms. The monoisotopic (exact) mass is 187 g/mol. The van der Waals surface area contributed by atoms with Gasteiger partial charge in [0.05, 0.1) is 12.7 Å². The van der Waals surface area contributed by atoms with Crippen LogP contribution in [0.5, 0.6) is 0 Å². The Morgan fingerprint density at radius 3 is 2.54 bits per heavy atom. The first kappa shape index (κ1) is 9.98. The molecule has 1 N–H and O–H groups in total. The molecular formula is C8H13NO4. The Morgan fingerprint density at radius 2 is 2.15 bits per heavy atom. The molecule has 1 rings (SSSR count). The van der Waals surface area contributed by atoms with E-state index in [1.54, 1.807) is 6.92 Å². The molecule has 74 valence electrons. The van der Waals surface area contributed by atoms with Crippen LogP contribution in [0.4, 0.5) is 0 Å². The molecule has 1 saturated heterocycles. The molecule has 5 nitrogen and oxygen atoms in total. The molecule has 1 fully saturated rings. The number of carboxylic acid groups (broad SMARTS) is 1. The molecule has 0 aromatic carbocycles. The number of nitrogens with zero attached hydrogens (tertiary/aromatic N) is 1. The smallest absolute Gasteiger partial charge is 0.329 e. The fourth-order valence-corrected chi connectivity index (χ4v) is 1.51. The van der Waals surface area contributed by atoms with Crippen LogP contribution in [0.25, 0.3) is 0 Å². The molecule has 2 atom stereocenters. The minimum Gasteiger partial charge on any atom is -0.480 e. The fraction of sp³-hybridized carbons (Fsp3) is 0.750. The van der Waals surface area contributed by atoms with Crippen LogP contribution in [0.2, 0.25) is 0 Å². The number of aliphatic carboxylic acids is 1. The van der Waals surface area contributed by atoms with Crippen molar-refractivity contribution in [1.82, 2.24) is 4.90 Å². The topological polar surface area (TPSA) is 66.8 Å². The second-order valence-corrected chi connectivity index (χ2v) is 3.07. The molecule has 0 radical (unpaired) electrons. The Hall–Kier alpha value is -1.10. The summed E-state index contributed by atoms with van der Waals surface area (Å²) in [5, 5.41) is 8.85. The number of carboxylic acids is 1. The second kappa shape index (κ2) is 3.74. The highest BCUT2D eigenvalue weighted by atomic mass is 16.5. The lowest BCUT2D eigenvalue weighted by Gasteiger charge is -2.36. The van der Waals surface area contributed by atoms with E-state index < -0.39 is 18.1 Å². The van der Waals surface area contributed by atoms with Gasteiger partial charge in [0.1, 0.15) is 0 Å². The number of carbonyl (C=O) groups excluding carboxylic acids is 1. The zero-order valence-electron chi connectivity index (χ0n) is 7.69. The number of hydrogen-bond donors (Lipinski definition) is 1. The van der Waals surface area contributed by atoms with E-state index in [0.29, 0.717) is 13.2 Å². The van der Waals surface area contributed by atoms with E-state index in [1.165, 1.54) is 11.8 Å². The largest absolute Gasteiger partial charge is 0.480 e. The Morgan fingerprint density at radius 1 is 1.54 bits per heavy atom. The molecule has 1 aliphatic rings. The maximum Gasteiger partial charge on any atom is 0.329 e. The van der Waals surface area contributed by atoms with Gasteiger partial charge in [0.15, 0.2) is 6.04 Å². The van der Waals surface area contributed by atoms with Gasteiger partial charge in [-0.2, -0.15) is 0 Å². The molecule has 0 aromatic rings. The van der Waals surface area contributed by atoms with Crippen LogP contribution in [0, 0.1) is 0 Å². The highest BCUT2D eigenvalue weighted by Gasteiger charge is 2.36. The number of morpholine rings is 1. The molecule has 1 heterocycles. The van der Waals surface area contributed by atoms with Gasteiger partial charge < -0.3 is 14.7 Å². The first-order valence-electron chi connectivity index (χ1n) is 4.15. The summed E-state index contributed by atoms with van der Waals surface area (Å²) in [5.74, 6) is -1.23. The van der Waals surface area contributed by atoms with Gasteiger partial charge >= 0.3 is 5.97 Å². The lowest BCUT2D eigenvalue weighted by Crippen LogP contribution is -2.55. The molecule has 0 spiro atoms. The van der Waals surface area contributed by atoms with E-state index in [1.807, 2.05) is 0 Å². The summed E-state index contributed by atoms with van der Waals surface area (Å²) >= 11 is 0. The van der Waals surface area contributed by atoms with Crippen LogP contribution >= 0.6 is 0 Å². The molecule has 0 aromatic heterocycles. The van der Waals surface area contributed by atoms with Crippen LogP contribution in [0.15, 0.2) is 0 Å². The average Bonchev–Trinajstić information content (AvgIpc) is 2.02. The third-order valence-corrected chi connectivity index (χ3v) is 2.15. The summed E-state index contributed by atoms with van der Waals surface area (Å²) in [4.78, 5) is 23.2. The number of ether oxygens (including phenoxy) is 1. The van der Waals surface area contributed by atoms with Crippen molar-refractivity contribution in [3.63, 3.8) is 0 Å². The summed E-state index contributed by atoms with van der Waals surface area (Å²) in [6, 6.07) is -0.841. The number of carbonyl (C=O) groups is 2. The summed E-state index contributed by atoms with van der Waals surface area (Å²) in [6.07, 6.45) is -0.435. The molecule has 1 amide bonds. The average molecular weight is 187 g/mol. The van der Waals surface area contributed by atoms with Crippen molar-refractivity contribution in [1.29, 1.82) is 0 Å². The van der Waals surface area contributed by atoms with Crippen molar-refractivity contribution in [3.05, 3.63) is 0 Å². The molecule has 0 aliphatic carbocycles. The van der Waals surface area contributed by atoms with Crippen molar-refractivity contribution in [3.8, 4) is 0 Å². The van der Waals surface area contributed by atoms with Gasteiger partial charge in [-0.3, -0.25) is 4.79 Å². The van der Waals surface area contributed by atoms with Crippen molar-refractivity contribution in [2.75, 3.05) is 13.2 Å². The third kappa shape index (κ3) is 1.98. The Kier molecular flexibility index (Phi) is 2.87. The van der Waals surface area contributed by atoms with E-state index in [9.17, 15) is 9.59 Å². The third-order valence-electron chi connectivity index (χ3n) is 2.15. The quantitative estimate of drug-likeness (QED) is 0.612. The van der Waals surface area contributed by atoms with Crippen LogP contribution in [0.1, 0.15) is 13.8 Å². The van der Waals surface area contributed by atoms with E-state index >= 15 is 0 Å². The number of amides is 1. The van der Waals surface area contributed by atoms with Gasteiger partial charge in [-0.15, -0.1) is 0 Å². The summed E-state index contributed by atoms with van der Waals surface area (Å²) in [6.45, 7) is 3.79. The van der Waals surface area contributed by atoms with Crippen LogP contribution in [-0.4, -0.2) is 47.2 Å².